The highest BCUT2D eigenvalue weighted by Gasteiger charge is 2.35. The van der Waals surface area contributed by atoms with Crippen molar-refractivity contribution in [3.8, 4) is 0 Å². The monoisotopic (exact) mass is 1560 g/mol. The number of nitrogens with zero attached hydrogens (tertiary/aromatic N) is 3. The summed E-state index contributed by atoms with van der Waals surface area (Å²) in [4.78, 5) is 85.5. The van der Waals surface area contributed by atoms with Crippen LogP contribution in [0.5, 0.6) is 0 Å². The van der Waals surface area contributed by atoms with Gasteiger partial charge in [0.15, 0.2) is 0 Å². The van der Waals surface area contributed by atoms with Crippen LogP contribution in [-0.4, -0.2) is 199 Å². The number of benzene rings is 2. The van der Waals surface area contributed by atoms with E-state index in [0.29, 0.717) is 0 Å². The number of carbonyl (C=O) groups excluding carboxylic acids is 6. The summed E-state index contributed by atoms with van der Waals surface area (Å²) in [6.45, 7) is -4.84. The largest absolute Gasteiger partial charge is 0.394 e. The highest BCUT2D eigenvalue weighted by Crippen LogP contribution is 2.39. The molecule has 0 heterocycles. The first-order valence-corrected chi connectivity index (χ1v) is 24.6. The van der Waals surface area contributed by atoms with Crippen LogP contribution in [0.3, 0.4) is 0 Å². The molecule has 0 fully saturated rings. The molecule has 0 saturated heterocycles. The number of aliphatic hydroxyl groups is 7. The normalized spacial score (nSPS) is 13.1. The van der Waals surface area contributed by atoms with Crippen LogP contribution in [-0.2, 0) is 19.1 Å². The molecule has 0 aliphatic rings. The smallest absolute Gasteiger partial charge is 0.255 e. The maximum Gasteiger partial charge on any atom is 0.255 e. The van der Waals surface area contributed by atoms with Crippen LogP contribution in [0.4, 0.5) is 11.4 Å². The molecule has 0 saturated carbocycles. The average Bonchev–Trinajstić information content (AvgIpc) is 3.22. The van der Waals surface area contributed by atoms with Gasteiger partial charge in [0, 0.05) is 61.6 Å². The predicted molar refractivity (Wildman–Crippen MR) is 278 cm³/mol. The molecule has 4 atom stereocenters. The molecule has 2 aromatic carbocycles. The average molecular weight is 1560 g/mol. The summed E-state index contributed by atoms with van der Waals surface area (Å²) in [6, 6.07) is 0. The third kappa shape index (κ3) is 15.7. The molecule has 27 heteroatoms. The minimum atomic E-state index is -1.55. The minimum absolute atomic E-state index is 0.00514. The molecular weight excluding hydrogens is 1520 g/mol. The number of hydrogen-bond acceptors (Lipinski definition) is 15. The van der Waals surface area contributed by atoms with Gasteiger partial charge in [-0.3, -0.25) is 28.8 Å². The fourth-order valence-electron chi connectivity index (χ4n) is 5.49. The van der Waals surface area contributed by atoms with E-state index in [9.17, 15) is 64.5 Å². The van der Waals surface area contributed by atoms with Gasteiger partial charge in [-0.05, 0) is 136 Å². The first kappa shape index (κ1) is 58.4. The standard InChI is InChI=1S/C36H46I6N6O15/c1-46(7-17(54)11-50)35(60)23-25(37)21(27(39)31(28(23)40)45-19(56)13-62-3)33(58)43-5-15(52)9-48(20(57)14-63-4)32-29(41)22(34(59)44-6-16(53)10-49)26(38)24(30(32)42)36(61)47(2)8-18(55)12-51/h15-18,49-55H,5-14H2,1-4H3,(H,43,58)(H,44,59)(H,45,56). The van der Waals surface area contributed by atoms with Gasteiger partial charge in [0.05, 0.1) is 98.7 Å². The minimum Gasteiger partial charge on any atom is -0.394 e. The van der Waals surface area contributed by atoms with E-state index in [0.717, 1.165) is 14.7 Å². The quantitative estimate of drug-likeness (QED) is 0.0634. The van der Waals surface area contributed by atoms with Crippen molar-refractivity contribution in [1.29, 1.82) is 0 Å². The van der Waals surface area contributed by atoms with E-state index in [2.05, 4.69) is 16.0 Å². The number of halogens is 6. The molecule has 10 N–H and O–H groups in total. The topological polar surface area (TPSA) is 308 Å². The third-order valence-electron chi connectivity index (χ3n) is 8.56. The summed E-state index contributed by atoms with van der Waals surface area (Å²) < 4.78 is 11.1. The Labute approximate surface area is 444 Å². The Kier molecular flexibility index (Phi) is 25.9. The van der Waals surface area contributed by atoms with Crippen molar-refractivity contribution in [3.63, 3.8) is 0 Å². The van der Waals surface area contributed by atoms with Gasteiger partial charge in [0.2, 0.25) is 5.91 Å². The van der Waals surface area contributed by atoms with E-state index in [1.807, 2.05) is 67.8 Å². The molecule has 63 heavy (non-hydrogen) atoms. The van der Waals surface area contributed by atoms with E-state index in [1.54, 1.807) is 67.8 Å². The summed E-state index contributed by atoms with van der Waals surface area (Å²) in [5.74, 6) is -4.28. The molecule has 0 spiro atoms. The van der Waals surface area contributed by atoms with Crippen LogP contribution >= 0.6 is 136 Å². The number of hydrogen-bond donors (Lipinski definition) is 10. The van der Waals surface area contributed by atoms with Crippen LogP contribution in [0, 0.1) is 21.4 Å². The van der Waals surface area contributed by atoms with E-state index < -0.39 is 99.4 Å². The van der Waals surface area contributed by atoms with E-state index in [4.69, 9.17) is 9.47 Å². The number of likely N-dealkylation sites (N-methyl/N-ethyl adjacent to an activating group) is 2. The maximum absolute atomic E-state index is 14.1. The van der Waals surface area contributed by atoms with Gasteiger partial charge >= 0.3 is 0 Å². The molecule has 21 nitrogen and oxygen atoms in total. The summed E-state index contributed by atoms with van der Waals surface area (Å²) in [5.41, 5.74) is -0.153. The highest BCUT2D eigenvalue weighted by atomic mass is 127. The van der Waals surface area contributed by atoms with Crippen molar-refractivity contribution < 1.29 is 74.0 Å². The molecule has 0 aliphatic heterocycles. The van der Waals surface area contributed by atoms with Crippen molar-refractivity contribution >= 4 is 182 Å². The lowest BCUT2D eigenvalue weighted by atomic mass is 10.1. The van der Waals surface area contributed by atoms with Gasteiger partial charge in [-0.1, -0.05) is 0 Å². The number of carbonyl (C=O) groups is 6. The Morgan fingerprint density at radius 1 is 0.556 bits per heavy atom. The zero-order chi connectivity index (χ0) is 48.0. The maximum atomic E-state index is 14.1. The van der Waals surface area contributed by atoms with E-state index in [1.165, 1.54) is 28.3 Å². The fraction of sp³-hybridized carbons (Fsp3) is 0.500. The number of aliphatic hydroxyl groups excluding tert-OH is 7. The van der Waals surface area contributed by atoms with Crippen LogP contribution in [0.25, 0.3) is 0 Å². The van der Waals surface area contributed by atoms with Gasteiger partial charge in [0.1, 0.15) is 13.2 Å². The molecule has 0 aliphatic carbocycles. The Balaban J connectivity index is 2.74. The number of ether oxygens (including phenoxy) is 2. The second kappa shape index (κ2) is 27.9. The molecule has 0 aromatic heterocycles. The second-order valence-corrected chi connectivity index (χ2v) is 20.0. The third-order valence-corrected chi connectivity index (χ3v) is 15.0. The lowest BCUT2D eigenvalue weighted by Gasteiger charge is -2.30. The van der Waals surface area contributed by atoms with Crippen LogP contribution < -0.4 is 20.9 Å². The van der Waals surface area contributed by atoms with Gasteiger partial charge in [-0.15, -0.1) is 0 Å². The van der Waals surface area contributed by atoms with Gasteiger partial charge in [-0.2, -0.15) is 0 Å². The summed E-state index contributed by atoms with van der Waals surface area (Å²) in [7, 11) is 5.29. The van der Waals surface area contributed by atoms with Gasteiger partial charge in [0.25, 0.3) is 29.5 Å². The van der Waals surface area contributed by atoms with Gasteiger partial charge in [-0.25, -0.2) is 0 Å². The second-order valence-electron chi connectivity index (χ2n) is 13.5. The number of nitrogens with one attached hydrogen (secondary N) is 3. The summed E-state index contributed by atoms with van der Waals surface area (Å²) >= 11 is 10.9. The Hall–Kier alpha value is -0.720. The highest BCUT2D eigenvalue weighted by molar-refractivity contribution is 14.1. The van der Waals surface area contributed by atoms with E-state index in [-0.39, 0.29) is 81.3 Å². The van der Waals surface area contributed by atoms with Gasteiger partial charge < -0.3 is 75.9 Å². The van der Waals surface area contributed by atoms with Crippen LogP contribution in [0.2, 0.25) is 0 Å². The zero-order valence-electron chi connectivity index (χ0n) is 33.9. The summed E-state index contributed by atoms with van der Waals surface area (Å²) in [6.07, 6.45) is -5.45. The van der Waals surface area contributed by atoms with Crippen molar-refractivity contribution in [2.24, 2.45) is 0 Å². The SMILES string of the molecule is COCC(=O)Nc1c(I)c(C(=O)NCC(O)CN(C(=O)COC)c2c(I)c(C(=O)NCC(O)CO)c(I)c(C(=O)N(C)CC(O)CO)c2I)c(I)c(C(=O)N(C)CC(O)CO)c1I. The van der Waals surface area contributed by atoms with E-state index >= 15 is 0 Å². The molecule has 6 amide bonds. The van der Waals surface area contributed by atoms with Crippen molar-refractivity contribution in [2.75, 3.05) is 104 Å². The number of methoxy groups -OCH3 is 2. The lowest BCUT2D eigenvalue weighted by Crippen LogP contribution is -2.45. The zero-order valence-corrected chi connectivity index (χ0v) is 46.8. The lowest BCUT2D eigenvalue weighted by molar-refractivity contribution is -0.122. The fourth-order valence-corrected chi connectivity index (χ4v) is 14.6. The molecule has 0 bridgehead atoms. The molecule has 352 valence electrons. The summed E-state index contributed by atoms with van der Waals surface area (Å²) in [5, 5.41) is 77.5. The molecular formula is C36H46I6N6O15. The van der Waals surface area contributed by atoms with Crippen LogP contribution in [0.1, 0.15) is 41.4 Å². The molecule has 2 rings (SSSR count). The number of amides is 6. The first-order chi connectivity index (χ1) is 29.5. The Morgan fingerprint density at radius 2 is 0.952 bits per heavy atom. The van der Waals surface area contributed by atoms with Crippen molar-refractivity contribution in [3.05, 3.63) is 43.7 Å². The Morgan fingerprint density at radius 3 is 1.40 bits per heavy atom. The molecule has 4 unspecified atom stereocenters. The Bertz CT molecular complexity index is 2020. The first-order valence-electron chi connectivity index (χ1n) is 18.2. The predicted octanol–water partition coefficient (Wildman–Crippen LogP) is -0.397. The van der Waals surface area contributed by atoms with Crippen molar-refractivity contribution in [1.82, 2.24) is 20.4 Å². The molecule has 2 aromatic rings. The number of rotatable bonds is 23. The van der Waals surface area contributed by atoms with Crippen LogP contribution in [0.15, 0.2) is 0 Å². The molecule has 0 radical (unpaired) electrons. The number of anilines is 2. The van der Waals surface area contributed by atoms with Crippen molar-refractivity contribution in [2.45, 2.75) is 24.4 Å².